The first kappa shape index (κ1) is 27.4. The van der Waals surface area contributed by atoms with E-state index in [-0.39, 0.29) is 43.2 Å². The Hall–Kier alpha value is -3.22. The molecule has 12 heteroatoms. The third-order valence-electron chi connectivity index (χ3n) is 5.54. The monoisotopic (exact) mass is 512 g/mol. The molecule has 0 radical (unpaired) electrons. The average molecular weight is 513 g/mol. The van der Waals surface area contributed by atoms with Crippen LogP contribution in [0, 0.1) is 5.82 Å². The van der Waals surface area contributed by atoms with Crippen molar-refractivity contribution in [1.82, 2.24) is 9.91 Å². The van der Waals surface area contributed by atoms with Gasteiger partial charge in [-0.15, -0.1) is 0 Å². The number of alkyl halides is 3. The Kier molecular flexibility index (Phi) is 8.88. The number of benzene rings is 2. The number of hydrogen-bond donors (Lipinski definition) is 2. The van der Waals surface area contributed by atoms with Gasteiger partial charge in [0.2, 0.25) is 11.8 Å². The van der Waals surface area contributed by atoms with E-state index in [9.17, 15) is 32.3 Å². The number of ether oxygens (including phenoxy) is 1. The Balaban J connectivity index is 1.64. The van der Waals surface area contributed by atoms with E-state index < -0.39 is 35.5 Å². The van der Waals surface area contributed by atoms with Crippen LogP contribution >= 0.6 is 0 Å². The number of amides is 2. The van der Waals surface area contributed by atoms with Gasteiger partial charge < -0.3 is 15.2 Å². The molecule has 8 nitrogen and oxygen atoms in total. The molecule has 0 spiro atoms. The van der Waals surface area contributed by atoms with E-state index in [1.54, 1.807) is 16.0 Å². The van der Waals surface area contributed by atoms with Crippen molar-refractivity contribution in [2.75, 3.05) is 50.2 Å². The van der Waals surface area contributed by atoms with Gasteiger partial charge in [0.05, 0.1) is 37.4 Å². The first-order chi connectivity index (χ1) is 17.0. The number of hydrogen-bond acceptors (Lipinski definition) is 6. The Morgan fingerprint density at radius 2 is 1.81 bits per heavy atom. The van der Waals surface area contributed by atoms with Gasteiger partial charge in [-0.25, -0.2) is 14.4 Å². The highest BCUT2D eigenvalue weighted by Gasteiger charge is 2.32. The lowest BCUT2D eigenvalue weighted by molar-refractivity contribution is -0.137. The maximum atomic E-state index is 14.5. The lowest BCUT2D eigenvalue weighted by Crippen LogP contribution is -2.57. The lowest BCUT2D eigenvalue weighted by atomic mass is 10.1. The molecule has 0 aliphatic carbocycles. The highest BCUT2D eigenvalue weighted by Crippen LogP contribution is 2.34. The molecule has 2 aromatic carbocycles. The number of methoxy groups -OCH3 is 1. The second-order valence-corrected chi connectivity index (χ2v) is 8.44. The molecule has 1 fully saturated rings. The summed E-state index contributed by atoms with van der Waals surface area (Å²) >= 11 is 0. The number of nitrogens with zero attached hydrogens (tertiary/aromatic N) is 3. The molecule has 2 amide bonds. The summed E-state index contributed by atoms with van der Waals surface area (Å²) in [5, 5.41) is 15.0. The van der Waals surface area contributed by atoms with Crippen molar-refractivity contribution < 1.29 is 37.0 Å². The molecule has 2 N–H and O–H groups in total. The molecule has 1 unspecified atom stereocenters. The van der Waals surface area contributed by atoms with Crippen LogP contribution in [0.2, 0.25) is 0 Å². The van der Waals surface area contributed by atoms with Gasteiger partial charge in [-0.1, -0.05) is 12.1 Å². The summed E-state index contributed by atoms with van der Waals surface area (Å²) < 4.78 is 58.8. The smallest absolute Gasteiger partial charge is 0.416 e. The predicted molar refractivity (Wildman–Crippen MR) is 125 cm³/mol. The number of piperazine rings is 1. The Morgan fingerprint density at radius 1 is 1.14 bits per heavy atom. The summed E-state index contributed by atoms with van der Waals surface area (Å²) in [6, 6.07) is 8.79. The predicted octanol–water partition coefficient (Wildman–Crippen LogP) is 3.13. The van der Waals surface area contributed by atoms with Crippen LogP contribution in [0.4, 0.5) is 28.9 Å². The minimum absolute atomic E-state index is 0.0381. The van der Waals surface area contributed by atoms with E-state index in [1.165, 1.54) is 43.3 Å². The minimum Gasteiger partial charge on any atom is -0.497 e. The van der Waals surface area contributed by atoms with Gasteiger partial charge in [0.1, 0.15) is 11.6 Å². The molecule has 2 aromatic rings. The first-order valence-corrected chi connectivity index (χ1v) is 11.3. The fraction of sp³-hybridized carbons (Fsp3) is 0.417. The summed E-state index contributed by atoms with van der Waals surface area (Å²) in [6.45, 7) is 2.62. The van der Waals surface area contributed by atoms with Gasteiger partial charge in [-0.2, -0.15) is 13.2 Å². The Labute approximate surface area is 206 Å². The zero-order chi connectivity index (χ0) is 26.5. The number of nitrogens with one attached hydrogen (secondary N) is 1. The van der Waals surface area contributed by atoms with Crippen LogP contribution in [0.5, 0.6) is 5.75 Å². The molecule has 0 bridgehead atoms. The quantitative estimate of drug-likeness (QED) is 0.529. The molecule has 196 valence electrons. The number of anilines is 2. The van der Waals surface area contributed by atoms with E-state index >= 15 is 0 Å². The van der Waals surface area contributed by atoms with Gasteiger partial charge in [-0.3, -0.25) is 14.5 Å². The van der Waals surface area contributed by atoms with Crippen LogP contribution in [-0.2, 0) is 15.8 Å². The molecule has 0 aromatic heterocycles. The number of aliphatic hydroxyl groups excluding tert-OH is 1. The van der Waals surface area contributed by atoms with Crippen LogP contribution in [0.15, 0.2) is 42.5 Å². The van der Waals surface area contributed by atoms with Gasteiger partial charge in [0.15, 0.2) is 0 Å². The van der Waals surface area contributed by atoms with Gasteiger partial charge in [0.25, 0.3) is 0 Å². The molecular weight excluding hydrogens is 484 g/mol. The van der Waals surface area contributed by atoms with Crippen molar-refractivity contribution in [2.45, 2.75) is 25.6 Å². The molecule has 3 rings (SSSR count). The molecule has 1 aliphatic heterocycles. The topological polar surface area (TPSA) is 85.4 Å². The highest BCUT2D eigenvalue weighted by molar-refractivity contribution is 5.93. The van der Waals surface area contributed by atoms with E-state index in [0.717, 1.165) is 12.1 Å². The van der Waals surface area contributed by atoms with Gasteiger partial charge in [0, 0.05) is 37.9 Å². The molecule has 1 heterocycles. The third kappa shape index (κ3) is 7.15. The highest BCUT2D eigenvalue weighted by atomic mass is 19.4. The number of carbonyl (C=O) groups is 2. The minimum atomic E-state index is -4.60. The van der Waals surface area contributed by atoms with Crippen molar-refractivity contribution in [2.24, 2.45) is 0 Å². The standard InChI is InChI=1S/C24H28F4N4O4/c1-16(33)11-23(35)32(21-6-4-3-5-20(21)25)31-9-7-30(8-10-31)15-22(34)29-18-12-17(24(26,27)28)13-19(14-18)36-2/h3-6,12-14,16,33H,7-11,15H2,1-2H3,(H,29,34). The van der Waals surface area contributed by atoms with E-state index in [4.69, 9.17) is 4.74 Å². The lowest BCUT2D eigenvalue weighted by Gasteiger charge is -2.41. The van der Waals surface area contributed by atoms with Gasteiger partial charge >= 0.3 is 6.18 Å². The van der Waals surface area contributed by atoms with Gasteiger partial charge in [-0.05, 0) is 31.2 Å². The molecule has 1 atom stereocenters. The zero-order valence-corrected chi connectivity index (χ0v) is 19.9. The number of carbonyl (C=O) groups excluding carboxylic acids is 2. The van der Waals surface area contributed by atoms with Crippen molar-refractivity contribution >= 4 is 23.2 Å². The number of rotatable bonds is 8. The number of aliphatic hydroxyl groups is 1. The summed E-state index contributed by atoms with van der Waals surface area (Å²) in [6.07, 6.45) is -5.71. The second-order valence-electron chi connectivity index (χ2n) is 8.44. The molecule has 1 aliphatic rings. The first-order valence-electron chi connectivity index (χ1n) is 11.3. The molecule has 1 saturated heterocycles. The van der Waals surface area contributed by atoms with Crippen LogP contribution in [0.1, 0.15) is 18.9 Å². The fourth-order valence-electron chi connectivity index (χ4n) is 3.86. The Morgan fingerprint density at radius 3 is 2.39 bits per heavy atom. The molecular formula is C24H28F4N4O4. The Bertz CT molecular complexity index is 1070. The summed E-state index contributed by atoms with van der Waals surface area (Å²) in [4.78, 5) is 27.1. The van der Waals surface area contributed by atoms with Crippen LogP contribution in [0.25, 0.3) is 0 Å². The average Bonchev–Trinajstić information content (AvgIpc) is 2.80. The van der Waals surface area contributed by atoms with Crippen molar-refractivity contribution in [1.29, 1.82) is 0 Å². The third-order valence-corrected chi connectivity index (χ3v) is 5.54. The largest absolute Gasteiger partial charge is 0.497 e. The zero-order valence-electron chi connectivity index (χ0n) is 19.9. The normalized spacial score (nSPS) is 15.9. The van der Waals surface area contributed by atoms with Crippen LogP contribution < -0.4 is 15.1 Å². The number of hydrazine groups is 1. The van der Waals surface area contributed by atoms with Crippen molar-refractivity contribution in [3.63, 3.8) is 0 Å². The molecule has 36 heavy (non-hydrogen) atoms. The summed E-state index contributed by atoms with van der Waals surface area (Å²) in [7, 11) is 1.23. The summed E-state index contributed by atoms with van der Waals surface area (Å²) in [5.41, 5.74) is -0.923. The van der Waals surface area contributed by atoms with Crippen LogP contribution in [0.3, 0.4) is 0 Å². The van der Waals surface area contributed by atoms with Crippen molar-refractivity contribution in [3.8, 4) is 5.75 Å². The van der Waals surface area contributed by atoms with Crippen LogP contribution in [-0.4, -0.2) is 72.8 Å². The maximum Gasteiger partial charge on any atom is 0.416 e. The number of para-hydroxylation sites is 1. The number of halogens is 4. The summed E-state index contributed by atoms with van der Waals surface area (Å²) in [5.74, 6) is -1.61. The maximum absolute atomic E-state index is 14.5. The second kappa shape index (κ2) is 11.7. The van der Waals surface area contributed by atoms with Crippen molar-refractivity contribution in [3.05, 3.63) is 53.8 Å². The fourth-order valence-corrected chi connectivity index (χ4v) is 3.86. The SMILES string of the molecule is COc1cc(NC(=O)CN2CCN(N(C(=O)CC(C)O)c3ccccc3F)CC2)cc(C(F)(F)F)c1. The van der Waals surface area contributed by atoms with E-state index in [0.29, 0.717) is 13.1 Å². The van der Waals surface area contributed by atoms with E-state index in [2.05, 4.69) is 5.32 Å². The molecule has 0 saturated carbocycles. The van der Waals surface area contributed by atoms with E-state index in [1.807, 2.05) is 0 Å².